The van der Waals surface area contributed by atoms with Crippen LogP contribution < -0.4 is 0 Å². The Labute approximate surface area is 97.5 Å². The predicted octanol–water partition coefficient (Wildman–Crippen LogP) is 0.397. The highest BCUT2D eigenvalue weighted by molar-refractivity contribution is 6.38. The molecular weight excluding hydrogens is 207 g/mol. The smallest absolute Gasteiger partial charge is 0.427 e. The van der Waals surface area contributed by atoms with E-state index in [0.29, 0.717) is 5.92 Å². The first-order valence-corrected chi connectivity index (χ1v) is 5.85. The Morgan fingerprint density at radius 2 is 1.56 bits per heavy atom. The third-order valence-electron chi connectivity index (χ3n) is 4.50. The third kappa shape index (κ3) is 1.90. The summed E-state index contributed by atoms with van der Waals surface area (Å²) in [6, 6.07) is 0. The Bertz CT molecular complexity index is 252. The number of hydrogen-bond donors (Lipinski definition) is 4. The maximum Gasteiger partial charge on any atom is 0.448 e. The highest BCUT2D eigenvalue weighted by Crippen LogP contribution is 2.65. The summed E-state index contributed by atoms with van der Waals surface area (Å²) < 4.78 is 0. The van der Waals surface area contributed by atoms with Gasteiger partial charge in [0, 0.05) is 0 Å². The number of fused-ring (bicyclic) bond motifs is 2. The van der Waals surface area contributed by atoms with Gasteiger partial charge in [-0.2, -0.15) is 0 Å². The van der Waals surface area contributed by atoms with E-state index in [1.165, 1.54) is 6.82 Å². The monoisotopic (exact) mass is 230 g/mol. The molecule has 0 heterocycles. The van der Waals surface area contributed by atoms with Crippen LogP contribution in [0.2, 0.25) is 6.82 Å². The minimum Gasteiger partial charge on any atom is -0.427 e. The van der Waals surface area contributed by atoms with Crippen LogP contribution in [0, 0.1) is 11.3 Å². The molecule has 3 rings (SSSR count). The molecule has 3 aliphatic rings. The van der Waals surface area contributed by atoms with Crippen LogP contribution in [-0.4, -0.2) is 38.6 Å². The van der Waals surface area contributed by atoms with Crippen LogP contribution in [0.3, 0.4) is 0 Å². The van der Waals surface area contributed by atoms with Crippen molar-refractivity contribution >= 4 is 7.12 Å². The zero-order valence-corrected chi connectivity index (χ0v) is 10.6. The minimum absolute atomic E-state index is 0.0885. The Morgan fingerprint density at radius 3 is 1.81 bits per heavy atom. The molecule has 0 spiro atoms. The molecule has 0 aromatic heterocycles. The van der Waals surface area contributed by atoms with Crippen molar-refractivity contribution in [3.05, 3.63) is 0 Å². The standard InChI is InChI=1S/C10H18O2.CH5BO2/c1-8(2)7-4-5-9(3,11)10(8,12)6-7;1-2(3)4/h7,11-12H,4-6H2,1-3H3;3-4H,1H3. The van der Waals surface area contributed by atoms with Crippen LogP contribution in [0.4, 0.5) is 0 Å². The van der Waals surface area contributed by atoms with Crippen LogP contribution in [0.15, 0.2) is 0 Å². The Morgan fingerprint density at radius 1 is 1.12 bits per heavy atom. The third-order valence-corrected chi connectivity index (χ3v) is 4.50. The largest absolute Gasteiger partial charge is 0.448 e. The van der Waals surface area contributed by atoms with Crippen molar-refractivity contribution in [2.24, 2.45) is 11.3 Å². The molecule has 5 heteroatoms. The maximum absolute atomic E-state index is 10.2. The van der Waals surface area contributed by atoms with Crippen molar-refractivity contribution in [3.63, 3.8) is 0 Å². The van der Waals surface area contributed by atoms with E-state index in [1.54, 1.807) is 6.92 Å². The van der Waals surface area contributed by atoms with Gasteiger partial charge in [0.05, 0.1) is 11.2 Å². The van der Waals surface area contributed by atoms with E-state index in [1.807, 2.05) is 0 Å². The van der Waals surface area contributed by atoms with Gasteiger partial charge in [-0.1, -0.05) is 13.8 Å². The molecule has 3 atom stereocenters. The zero-order valence-electron chi connectivity index (χ0n) is 10.6. The summed E-state index contributed by atoms with van der Waals surface area (Å²) in [4.78, 5) is 0. The normalized spacial score (nSPS) is 43.9. The zero-order chi connectivity index (χ0) is 12.8. The summed E-state index contributed by atoms with van der Waals surface area (Å²) in [5, 5.41) is 35.5. The minimum atomic E-state index is -1.17. The van der Waals surface area contributed by atoms with E-state index in [2.05, 4.69) is 13.8 Å². The highest BCUT2D eigenvalue weighted by Gasteiger charge is 2.69. The molecule has 0 aromatic carbocycles. The lowest BCUT2D eigenvalue weighted by Gasteiger charge is -2.68. The second-order valence-electron chi connectivity index (χ2n) is 5.93. The number of hydrogen-bond acceptors (Lipinski definition) is 4. The second-order valence-corrected chi connectivity index (χ2v) is 5.93. The van der Waals surface area contributed by atoms with E-state index >= 15 is 0 Å². The molecule has 4 N–H and O–H groups in total. The molecule has 0 amide bonds. The molecule has 94 valence electrons. The summed E-state index contributed by atoms with van der Waals surface area (Å²) in [6.07, 6.45) is 2.59. The van der Waals surface area contributed by atoms with Crippen LogP contribution in [0.25, 0.3) is 0 Å². The molecule has 3 unspecified atom stereocenters. The maximum atomic E-state index is 10.2. The van der Waals surface area contributed by atoms with Crippen LogP contribution >= 0.6 is 0 Å². The molecular formula is C11H23BO4. The van der Waals surface area contributed by atoms with Gasteiger partial charge in [0.15, 0.2) is 0 Å². The Kier molecular flexibility index (Phi) is 3.48. The van der Waals surface area contributed by atoms with Gasteiger partial charge in [-0.25, -0.2) is 0 Å². The topological polar surface area (TPSA) is 80.9 Å². The molecule has 0 saturated heterocycles. The number of aliphatic hydroxyl groups is 2. The lowest BCUT2D eigenvalue weighted by atomic mass is 9.41. The van der Waals surface area contributed by atoms with E-state index < -0.39 is 18.3 Å². The van der Waals surface area contributed by atoms with Crippen molar-refractivity contribution < 1.29 is 20.3 Å². The van der Waals surface area contributed by atoms with E-state index in [-0.39, 0.29) is 5.41 Å². The SMILES string of the molecule is CB(O)O.CC1(O)CCC2CC1(O)C2(C)C. The van der Waals surface area contributed by atoms with Crippen molar-refractivity contribution in [2.45, 2.75) is 58.1 Å². The van der Waals surface area contributed by atoms with Crippen LogP contribution in [-0.2, 0) is 0 Å². The van der Waals surface area contributed by atoms with Gasteiger partial charge in [-0.05, 0) is 44.3 Å². The predicted molar refractivity (Wildman–Crippen MR) is 62.8 cm³/mol. The first-order valence-electron chi connectivity index (χ1n) is 5.85. The van der Waals surface area contributed by atoms with Crippen LogP contribution in [0.5, 0.6) is 0 Å². The highest BCUT2D eigenvalue weighted by atomic mass is 16.4. The quantitative estimate of drug-likeness (QED) is 0.454. The van der Waals surface area contributed by atoms with Crippen LogP contribution in [0.1, 0.15) is 40.0 Å². The lowest BCUT2D eigenvalue weighted by Crippen LogP contribution is -2.74. The molecule has 16 heavy (non-hydrogen) atoms. The van der Waals surface area contributed by atoms with Gasteiger partial charge < -0.3 is 20.3 Å². The van der Waals surface area contributed by atoms with Gasteiger partial charge in [0.1, 0.15) is 0 Å². The van der Waals surface area contributed by atoms with Crippen molar-refractivity contribution in [1.82, 2.24) is 0 Å². The summed E-state index contributed by atoms with van der Waals surface area (Å²) in [5.74, 6) is 0.614. The molecule has 3 aliphatic carbocycles. The fraction of sp³-hybridized carbons (Fsp3) is 1.00. The molecule has 0 aromatic rings. The molecule has 2 bridgehead atoms. The average molecular weight is 230 g/mol. The molecule has 4 nitrogen and oxygen atoms in total. The van der Waals surface area contributed by atoms with E-state index in [9.17, 15) is 10.2 Å². The fourth-order valence-electron chi connectivity index (χ4n) is 3.12. The van der Waals surface area contributed by atoms with Gasteiger partial charge in [0.25, 0.3) is 0 Å². The molecule has 3 saturated carbocycles. The second kappa shape index (κ2) is 3.98. The molecule has 0 aliphatic heterocycles. The summed E-state index contributed by atoms with van der Waals surface area (Å²) in [5.41, 5.74) is -1.79. The average Bonchev–Trinajstić information content (AvgIpc) is 2.08. The number of rotatable bonds is 0. The molecule has 0 radical (unpaired) electrons. The first-order chi connectivity index (χ1) is 7.04. The fourth-order valence-corrected chi connectivity index (χ4v) is 3.12. The van der Waals surface area contributed by atoms with Crippen molar-refractivity contribution in [2.75, 3.05) is 0 Å². The summed E-state index contributed by atoms with van der Waals surface area (Å²) >= 11 is 0. The first kappa shape index (κ1) is 14.0. The summed E-state index contributed by atoms with van der Waals surface area (Å²) in [6.45, 7) is 7.17. The van der Waals surface area contributed by atoms with E-state index in [4.69, 9.17) is 10.0 Å². The van der Waals surface area contributed by atoms with Gasteiger partial charge in [0.2, 0.25) is 0 Å². The Hall–Kier alpha value is -0.0951. The van der Waals surface area contributed by atoms with Gasteiger partial charge >= 0.3 is 7.12 Å². The van der Waals surface area contributed by atoms with Crippen molar-refractivity contribution in [3.8, 4) is 0 Å². The molecule has 3 fully saturated rings. The lowest BCUT2D eigenvalue weighted by molar-refractivity contribution is -0.312. The van der Waals surface area contributed by atoms with Gasteiger partial charge in [-0.3, -0.25) is 0 Å². The summed E-state index contributed by atoms with van der Waals surface area (Å²) in [7, 11) is -1.17. The van der Waals surface area contributed by atoms with Gasteiger partial charge in [-0.15, -0.1) is 0 Å². The van der Waals surface area contributed by atoms with Crippen molar-refractivity contribution in [1.29, 1.82) is 0 Å². The van der Waals surface area contributed by atoms with E-state index in [0.717, 1.165) is 19.3 Å². The Balaban J connectivity index is 0.000000280.